The van der Waals surface area contributed by atoms with Crippen molar-refractivity contribution in [2.24, 2.45) is 5.92 Å². The van der Waals surface area contributed by atoms with Crippen LogP contribution in [0.1, 0.15) is 43.7 Å². The van der Waals surface area contributed by atoms with E-state index in [0.717, 1.165) is 29.7 Å². The van der Waals surface area contributed by atoms with Crippen LogP contribution in [0.3, 0.4) is 0 Å². The molecule has 1 amide bonds. The van der Waals surface area contributed by atoms with E-state index >= 15 is 0 Å². The Morgan fingerprint density at radius 2 is 2.13 bits per heavy atom. The number of rotatable bonds is 5. The molecule has 1 aliphatic carbocycles. The van der Waals surface area contributed by atoms with Crippen molar-refractivity contribution in [1.29, 1.82) is 0 Å². The van der Waals surface area contributed by atoms with E-state index in [1.165, 1.54) is 0 Å². The van der Waals surface area contributed by atoms with Crippen LogP contribution in [0, 0.1) is 12.8 Å². The number of benzene rings is 1. The second-order valence-corrected chi connectivity index (χ2v) is 6.58. The molecule has 0 spiro atoms. The van der Waals surface area contributed by atoms with Gasteiger partial charge in [-0.25, -0.2) is 0 Å². The van der Waals surface area contributed by atoms with Crippen LogP contribution in [0.2, 0.25) is 0 Å². The highest BCUT2D eigenvalue weighted by molar-refractivity contribution is 5.81. The minimum atomic E-state index is -0.829. The molecule has 0 saturated heterocycles. The van der Waals surface area contributed by atoms with E-state index in [0.29, 0.717) is 12.8 Å². The third-order valence-electron chi connectivity index (χ3n) is 4.77. The minimum Gasteiger partial charge on any atom is -0.496 e. The zero-order chi connectivity index (χ0) is 17.0. The molecule has 0 heterocycles. The third kappa shape index (κ3) is 4.03. The average molecular weight is 319 g/mol. The third-order valence-corrected chi connectivity index (χ3v) is 4.77. The fraction of sp³-hybridized carbons (Fsp3) is 0.556. The summed E-state index contributed by atoms with van der Waals surface area (Å²) in [7, 11) is 1.60. The van der Waals surface area contributed by atoms with Gasteiger partial charge in [-0.2, -0.15) is 0 Å². The zero-order valence-corrected chi connectivity index (χ0v) is 14.0. The van der Waals surface area contributed by atoms with Gasteiger partial charge in [-0.05, 0) is 43.9 Å². The first-order chi connectivity index (χ1) is 10.9. The van der Waals surface area contributed by atoms with Gasteiger partial charge < -0.3 is 15.2 Å². The topological polar surface area (TPSA) is 75.6 Å². The second kappa shape index (κ2) is 7.02. The summed E-state index contributed by atoms with van der Waals surface area (Å²) < 4.78 is 5.28. The quantitative estimate of drug-likeness (QED) is 0.875. The van der Waals surface area contributed by atoms with Crippen molar-refractivity contribution in [2.45, 2.75) is 51.5 Å². The molecule has 126 valence electrons. The van der Waals surface area contributed by atoms with E-state index in [-0.39, 0.29) is 12.3 Å². The van der Waals surface area contributed by atoms with Crippen molar-refractivity contribution >= 4 is 11.9 Å². The van der Waals surface area contributed by atoms with Crippen LogP contribution in [-0.4, -0.2) is 29.6 Å². The number of amides is 1. The Hall–Kier alpha value is -2.04. The van der Waals surface area contributed by atoms with Gasteiger partial charge in [-0.1, -0.05) is 25.0 Å². The molecule has 5 nitrogen and oxygen atoms in total. The van der Waals surface area contributed by atoms with E-state index in [9.17, 15) is 14.7 Å². The number of ether oxygens (including phenoxy) is 1. The van der Waals surface area contributed by atoms with Gasteiger partial charge in [-0.3, -0.25) is 9.59 Å². The monoisotopic (exact) mass is 319 g/mol. The molecular formula is C18H25NO4. The zero-order valence-electron chi connectivity index (χ0n) is 14.0. The molecule has 0 aromatic heterocycles. The molecule has 2 atom stereocenters. The maximum Gasteiger partial charge on any atom is 0.308 e. The van der Waals surface area contributed by atoms with Crippen molar-refractivity contribution in [3.8, 4) is 5.75 Å². The van der Waals surface area contributed by atoms with Crippen molar-refractivity contribution in [2.75, 3.05) is 7.11 Å². The highest BCUT2D eigenvalue weighted by atomic mass is 16.5. The number of aliphatic carboxylic acids is 1. The molecular weight excluding hydrogens is 294 g/mol. The number of methoxy groups -OCH3 is 1. The van der Waals surface area contributed by atoms with Crippen LogP contribution in [0.25, 0.3) is 0 Å². The van der Waals surface area contributed by atoms with Crippen LogP contribution in [0.15, 0.2) is 18.2 Å². The summed E-state index contributed by atoms with van der Waals surface area (Å²) in [5, 5.41) is 12.4. The van der Waals surface area contributed by atoms with Gasteiger partial charge >= 0.3 is 5.97 Å². The molecule has 23 heavy (non-hydrogen) atoms. The minimum absolute atomic E-state index is 0.147. The van der Waals surface area contributed by atoms with Crippen molar-refractivity contribution in [3.05, 3.63) is 29.3 Å². The Bertz CT molecular complexity index is 599. The number of nitrogens with one attached hydrogen (secondary N) is 1. The molecule has 2 N–H and O–H groups in total. The predicted molar refractivity (Wildman–Crippen MR) is 87.6 cm³/mol. The standard InChI is InChI=1S/C18H25NO4/c1-12-7-8-13(10-15(12)23-3)11-16(20)19-18(2)9-5-4-6-14(18)17(21)22/h7-8,10,14H,4-6,9,11H2,1-3H3,(H,19,20)(H,21,22). The van der Waals surface area contributed by atoms with Gasteiger partial charge in [-0.15, -0.1) is 0 Å². The van der Waals surface area contributed by atoms with Crippen molar-refractivity contribution in [3.63, 3.8) is 0 Å². The Morgan fingerprint density at radius 3 is 2.78 bits per heavy atom. The summed E-state index contributed by atoms with van der Waals surface area (Å²) in [4.78, 5) is 23.9. The first-order valence-electron chi connectivity index (χ1n) is 8.03. The summed E-state index contributed by atoms with van der Waals surface area (Å²) in [5.74, 6) is -0.744. The van der Waals surface area contributed by atoms with Crippen LogP contribution in [-0.2, 0) is 16.0 Å². The van der Waals surface area contributed by atoms with Gasteiger partial charge in [0.05, 0.1) is 25.0 Å². The van der Waals surface area contributed by atoms with Crippen LogP contribution >= 0.6 is 0 Å². The molecule has 1 aromatic rings. The molecule has 1 saturated carbocycles. The molecule has 2 unspecified atom stereocenters. The maximum absolute atomic E-state index is 12.4. The number of carboxylic acids is 1. The van der Waals surface area contributed by atoms with Gasteiger partial charge in [0.25, 0.3) is 0 Å². The summed E-state index contributed by atoms with van der Waals surface area (Å²) >= 11 is 0. The Balaban J connectivity index is 2.07. The normalized spacial score (nSPS) is 24.0. The number of carboxylic acid groups (broad SMARTS) is 1. The molecule has 0 radical (unpaired) electrons. The molecule has 5 heteroatoms. The summed E-state index contributed by atoms with van der Waals surface area (Å²) in [6.45, 7) is 3.79. The second-order valence-electron chi connectivity index (χ2n) is 6.58. The number of hydrogen-bond acceptors (Lipinski definition) is 3. The van der Waals surface area contributed by atoms with E-state index in [2.05, 4.69) is 5.32 Å². The summed E-state index contributed by atoms with van der Waals surface area (Å²) in [5.41, 5.74) is 1.20. The predicted octanol–water partition coefficient (Wildman–Crippen LogP) is 2.70. The Kier molecular flexibility index (Phi) is 5.29. The molecule has 1 fully saturated rings. The molecule has 0 aliphatic heterocycles. The van der Waals surface area contributed by atoms with Crippen molar-refractivity contribution in [1.82, 2.24) is 5.32 Å². The fourth-order valence-corrected chi connectivity index (χ4v) is 3.40. The summed E-state index contributed by atoms with van der Waals surface area (Å²) in [6, 6.07) is 5.67. The SMILES string of the molecule is COc1cc(CC(=O)NC2(C)CCCCC2C(=O)O)ccc1C. The number of carbonyl (C=O) groups excluding carboxylic acids is 1. The lowest BCUT2D eigenvalue weighted by atomic mass is 9.74. The lowest BCUT2D eigenvalue weighted by Crippen LogP contribution is -2.55. The van der Waals surface area contributed by atoms with Gasteiger partial charge in [0.2, 0.25) is 5.91 Å². The highest BCUT2D eigenvalue weighted by Gasteiger charge is 2.42. The van der Waals surface area contributed by atoms with Gasteiger partial charge in [0.15, 0.2) is 0 Å². The molecule has 0 bridgehead atoms. The maximum atomic E-state index is 12.4. The lowest BCUT2D eigenvalue weighted by molar-refractivity contribution is -0.146. The molecule has 1 aliphatic rings. The van der Waals surface area contributed by atoms with Crippen LogP contribution in [0.4, 0.5) is 0 Å². The Labute approximate surface area is 137 Å². The largest absolute Gasteiger partial charge is 0.496 e. The van der Waals surface area contributed by atoms with Gasteiger partial charge in [0.1, 0.15) is 5.75 Å². The van der Waals surface area contributed by atoms with E-state index in [4.69, 9.17) is 4.74 Å². The highest BCUT2D eigenvalue weighted by Crippen LogP contribution is 2.34. The number of carbonyl (C=O) groups is 2. The van der Waals surface area contributed by atoms with Crippen LogP contribution < -0.4 is 10.1 Å². The molecule has 1 aromatic carbocycles. The molecule has 2 rings (SSSR count). The smallest absolute Gasteiger partial charge is 0.308 e. The Morgan fingerprint density at radius 1 is 1.39 bits per heavy atom. The fourth-order valence-electron chi connectivity index (χ4n) is 3.40. The first-order valence-corrected chi connectivity index (χ1v) is 8.03. The first kappa shape index (κ1) is 17.3. The number of aryl methyl sites for hydroxylation is 1. The van der Waals surface area contributed by atoms with Crippen LogP contribution in [0.5, 0.6) is 5.75 Å². The van der Waals surface area contributed by atoms with E-state index in [1.807, 2.05) is 32.0 Å². The van der Waals surface area contributed by atoms with Gasteiger partial charge in [0, 0.05) is 0 Å². The lowest BCUT2D eigenvalue weighted by Gasteiger charge is -2.39. The summed E-state index contributed by atoms with van der Waals surface area (Å²) in [6.07, 6.45) is 3.38. The van der Waals surface area contributed by atoms with E-state index < -0.39 is 17.4 Å². The number of hydrogen-bond donors (Lipinski definition) is 2. The van der Waals surface area contributed by atoms with Crippen molar-refractivity contribution < 1.29 is 19.4 Å². The average Bonchev–Trinajstić information content (AvgIpc) is 2.48. The van der Waals surface area contributed by atoms with E-state index in [1.54, 1.807) is 7.11 Å².